The van der Waals surface area contributed by atoms with E-state index < -0.39 is 0 Å². The van der Waals surface area contributed by atoms with E-state index in [0.717, 1.165) is 22.3 Å². The molecule has 3 aromatic rings. The molecule has 0 bridgehead atoms. The number of nitriles is 1. The number of rotatable bonds is 2. The third kappa shape index (κ3) is 2.27. The highest BCUT2D eigenvalue weighted by Crippen LogP contribution is 2.30. The number of fused-ring (bicyclic) bond motifs is 1. The number of aryl methyl sites for hydroxylation is 1. The fraction of sp³-hybridized carbons (Fsp3) is 0.125. The van der Waals surface area contributed by atoms with E-state index in [1.54, 1.807) is 12.1 Å². The lowest BCUT2D eigenvalue weighted by molar-refractivity contribution is 0.972. The molecule has 1 heterocycles. The Morgan fingerprint density at radius 1 is 1.29 bits per heavy atom. The normalized spacial score (nSPS) is 10.8. The number of halogens is 2. The van der Waals surface area contributed by atoms with Crippen LogP contribution in [0.4, 0.5) is 0 Å². The summed E-state index contributed by atoms with van der Waals surface area (Å²) >= 11 is 12.4. The molecule has 1 aromatic heterocycles. The molecule has 0 saturated heterocycles. The second-order valence-corrected chi connectivity index (χ2v) is 5.39. The molecular weight excluding hydrogens is 305 g/mol. The van der Waals surface area contributed by atoms with Gasteiger partial charge < -0.3 is 0 Å². The molecule has 0 radical (unpaired) electrons. The van der Waals surface area contributed by atoms with Crippen LogP contribution in [0.2, 0.25) is 5.02 Å². The minimum Gasteiger partial charge on any atom is -0.293 e. The Bertz CT molecular complexity index is 855. The van der Waals surface area contributed by atoms with Crippen LogP contribution in [0.5, 0.6) is 0 Å². The third-order valence-electron chi connectivity index (χ3n) is 3.38. The van der Waals surface area contributed by atoms with Gasteiger partial charge in [-0.15, -0.1) is 11.6 Å². The van der Waals surface area contributed by atoms with Gasteiger partial charge in [-0.2, -0.15) is 5.26 Å². The van der Waals surface area contributed by atoms with Crippen LogP contribution in [0.3, 0.4) is 0 Å². The summed E-state index contributed by atoms with van der Waals surface area (Å²) in [4.78, 5) is 4.53. The van der Waals surface area contributed by atoms with Crippen LogP contribution in [0.15, 0.2) is 36.4 Å². The monoisotopic (exact) mass is 315 g/mol. The van der Waals surface area contributed by atoms with Gasteiger partial charge in [-0.25, -0.2) is 4.98 Å². The fourth-order valence-corrected chi connectivity index (χ4v) is 2.93. The van der Waals surface area contributed by atoms with Gasteiger partial charge in [0.25, 0.3) is 0 Å². The Balaban J connectivity index is 2.43. The van der Waals surface area contributed by atoms with E-state index >= 15 is 0 Å². The lowest BCUT2D eigenvalue weighted by Crippen LogP contribution is -2.02. The summed E-state index contributed by atoms with van der Waals surface area (Å²) in [5, 5.41) is 9.73. The highest BCUT2D eigenvalue weighted by atomic mass is 35.5. The maximum absolute atomic E-state index is 9.10. The number of hydrogen-bond acceptors (Lipinski definition) is 2. The van der Waals surface area contributed by atoms with Crippen LogP contribution in [-0.4, -0.2) is 9.55 Å². The maximum atomic E-state index is 9.10. The summed E-state index contributed by atoms with van der Waals surface area (Å²) in [5.74, 6) is 0.972. The largest absolute Gasteiger partial charge is 0.293 e. The molecule has 2 aromatic carbocycles. The molecule has 21 heavy (non-hydrogen) atoms. The van der Waals surface area contributed by atoms with Crippen LogP contribution < -0.4 is 0 Å². The summed E-state index contributed by atoms with van der Waals surface area (Å²) in [7, 11) is 0. The van der Waals surface area contributed by atoms with E-state index in [1.165, 1.54) is 0 Å². The molecule has 0 saturated carbocycles. The number of para-hydroxylation sites is 1. The van der Waals surface area contributed by atoms with E-state index in [1.807, 2.05) is 35.8 Å². The van der Waals surface area contributed by atoms with Crippen LogP contribution in [0.1, 0.15) is 17.0 Å². The SMILES string of the molecule is Cc1cccc(Cl)c1-n1c(CCl)nc2ccc(C#N)cc21. The summed E-state index contributed by atoms with van der Waals surface area (Å²) in [6.45, 7) is 1.99. The van der Waals surface area contributed by atoms with Crippen molar-refractivity contribution in [2.75, 3.05) is 0 Å². The van der Waals surface area contributed by atoms with Gasteiger partial charge >= 0.3 is 0 Å². The molecule has 0 unspecified atom stereocenters. The van der Waals surface area contributed by atoms with Crippen molar-refractivity contribution in [1.29, 1.82) is 5.26 Å². The summed E-state index contributed by atoms with van der Waals surface area (Å²) in [6.07, 6.45) is 0. The van der Waals surface area contributed by atoms with E-state index in [4.69, 9.17) is 28.5 Å². The number of alkyl halides is 1. The van der Waals surface area contributed by atoms with Crippen molar-refractivity contribution in [2.45, 2.75) is 12.8 Å². The zero-order chi connectivity index (χ0) is 15.0. The minimum absolute atomic E-state index is 0.265. The quantitative estimate of drug-likeness (QED) is 0.648. The molecule has 104 valence electrons. The van der Waals surface area contributed by atoms with E-state index in [2.05, 4.69) is 11.1 Å². The molecule has 0 N–H and O–H groups in total. The standard InChI is InChI=1S/C16H11Cl2N3/c1-10-3-2-4-12(18)16(10)21-14-7-11(9-19)5-6-13(14)20-15(21)8-17/h2-7H,8H2,1H3. The predicted octanol–water partition coefficient (Wildman–Crippen LogP) is 4.60. The molecule has 0 aliphatic rings. The van der Waals surface area contributed by atoms with Gasteiger partial charge in [0.2, 0.25) is 0 Å². The first-order valence-corrected chi connectivity index (χ1v) is 7.30. The second kappa shape index (κ2) is 5.40. The maximum Gasteiger partial charge on any atom is 0.129 e. The van der Waals surface area contributed by atoms with Crippen molar-refractivity contribution in [3.63, 3.8) is 0 Å². The summed E-state index contributed by atoms with van der Waals surface area (Å²) < 4.78 is 1.93. The first-order chi connectivity index (χ1) is 10.2. The van der Waals surface area contributed by atoms with Crippen LogP contribution in [0, 0.1) is 18.3 Å². The summed E-state index contributed by atoms with van der Waals surface area (Å²) in [6, 6.07) is 13.3. The van der Waals surface area contributed by atoms with E-state index in [9.17, 15) is 0 Å². The van der Waals surface area contributed by atoms with Gasteiger partial charge in [-0.05, 0) is 36.8 Å². The van der Waals surface area contributed by atoms with Gasteiger partial charge in [-0.1, -0.05) is 23.7 Å². The van der Waals surface area contributed by atoms with E-state index in [0.29, 0.717) is 16.4 Å². The predicted molar refractivity (Wildman–Crippen MR) is 85.1 cm³/mol. The van der Waals surface area contributed by atoms with Gasteiger partial charge in [0, 0.05) is 0 Å². The van der Waals surface area contributed by atoms with Gasteiger partial charge in [0.15, 0.2) is 0 Å². The highest BCUT2D eigenvalue weighted by Gasteiger charge is 2.16. The molecular formula is C16H11Cl2N3. The van der Waals surface area contributed by atoms with Crippen molar-refractivity contribution in [3.8, 4) is 11.8 Å². The Labute approximate surface area is 132 Å². The zero-order valence-electron chi connectivity index (χ0n) is 11.3. The van der Waals surface area contributed by atoms with Crippen LogP contribution in [-0.2, 0) is 5.88 Å². The van der Waals surface area contributed by atoms with Gasteiger partial charge in [-0.3, -0.25) is 4.57 Å². The summed E-state index contributed by atoms with van der Waals surface area (Å²) in [5.41, 5.74) is 4.09. The number of hydrogen-bond donors (Lipinski definition) is 0. The highest BCUT2D eigenvalue weighted by molar-refractivity contribution is 6.32. The first kappa shape index (κ1) is 13.9. The Kier molecular flexibility index (Phi) is 3.59. The molecule has 0 fully saturated rings. The zero-order valence-corrected chi connectivity index (χ0v) is 12.8. The van der Waals surface area contributed by atoms with Crippen molar-refractivity contribution in [2.24, 2.45) is 0 Å². The molecule has 3 rings (SSSR count). The van der Waals surface area contributed by atoms with Crippen LogP contribution >= 0.6 is 23.2 Å². The molecule has 3 nitrogen and oxygen atoms in total. The molecule has 0 amide bonds. The number of benzene rings is 2. The Morgan fingerprint density at radius 3 is 2.76 bits per heavy atom. The Morgan fingerprint density at radius 2 is 2.10 bits per heavy atom. The molecule has 0 atom stereocenters. The third-order valence-corrected chi connectivity index (χ3v) is 3.93. The second-order valence-electron chi connectivity index (χ2n) is 4.72. The number of imidazole rings is 1. The molecule has 0 aliphatic heterocycles. The minimum atomic E-state index is 0.265. The van der Waals surface area contributed by atoms with Crippen molar-refractivity contribution in [1.82, 2.24) is 9.55 Å². The van der Waals surface area contributed by atoms with E-state index in [-0.39, 0.29) is 5.88 Å². The van der Waals surface area contributed by atoms with Crippen molar-refractivity contribution >= 4 is 34.2 Å². The Hall–Kier alpha value is -2.02. The van der Waals surface area contributed by atoms with Crippen molar-refractivity contribution < 1.29 is 0 Å². The number of aromatic nitrogens is 2. The van der Waals surface area contributed by atoms with Crippen LogP contribution in [0.25, 0.3) is 16.7 Å². The smallest absolute Gasteiger partial charge is 0.129 e. The fourth-order valence-electron chi connectivity index (χ4n) is 2.44. The topological polar surface area (TPSA) is 41.6 Å². The van der Waals surface area contributed by atoms with Gasteiger partial charge in [0.05, 0.1) is 39.3 Å². The first-order valence-electron chi connectivity index (χ1n) is 6.38. The lowest BCUT2D eigenvalue weighted by atomic mass is 10.1. The molecule has 0 aliphatic carbocycles. The molecule has 0 spiro atoms. The van der Waals surface area contributed by atoms with Crippen molar-refractivity contribution in [3.05, 3.63) is 58.4 Å². The number of nitrogens with zero attached hydrogens (tertiary/aromatic N) is 3. The average Bonchev–Trinajstić information content (AvgIpc) is 2.85. The average molecular weight is 316 g/mol. The molecule has 5 heteroatoms. The lowest BCUT2D eigenvalue weighted by Gasteiger charge is -2.13. The van der Waals surface area contributed by atoms with Gasteiger partial charge in [0.1, 0.15) is 5.82 Å².